The summed E-state index contributed by atoms with van der Waals surface area (Å²) in [6, 6.07) is 3.49. The Morgan fingerprint density at radius 3 is 2.94 bits per heavy atom. The summed E-state index contributed by atoms with van der Waals surface area (Å²) in [7, 11) is 0. The number of nitrogens with one attached hydrogen (secondary N) is 1. The zero-order valence-electron chi connectivity index (χ0n) is 8.98. The third kappa shape index (κ3) is 2.77. The van der Waals surface area contributed by atoms with Crippen LogP contribution in [0, 0.1) is 0 Å². The number of ether oxygens (including phenoxy) is 1. The number of aromatic nitrogens is 1. The van der Waals surface area contributed by atoms with Crippen LogP contribution in [0.4, 0.5) is 0 Å². The van der Waals surface area contributed by atoms with Crippen LogP contribution in [0.5, 0.6) is 0 Å². The van der Waals surface area contributed by atoms with Gasteiger partial charge in [0.1, 0.15) is 5.69 Å². The van der Waals surface area contributed by atoms with Crippen LogP contribution in [-0.2, 0) is 11.3 Å². The van der Waals surface area contributed by atoms with E-state index in [0.717, 1.165) is 31.7 Å². The summed E-state index contributed by atoms with van der Waals surface area (Å²) >= 11 is 0. The van der Waals surface area contributed by atoms with Crippen molar-refractivity contribution in [1.29, 1.82) is 0 Å². The van der Waals surface area contributed by atoms with Gasteiger partial charge in [0, 0.05) is 25.9 Å². The van der Waals surface area contributed by atoms with E-state index in [9.17, 15) is 4.79 Å². The number of hydrogen-bond acceptors (Lipinski definition) is 4. The van der Waals surface area contributed by atoms with Gasteiger partial charge in [-0.2, -0.15) is 0 Å². The summed E-state index contributed by atoms with van der Waals surface area (Å²) in [5.74, 6) is -0.498. The summed E-state index contributed by atoms with van der Waals surface area (Å²) in [6.45, 7) is 2.46. The zero-order valence-corrected chi connectivity index (χ0v) is 8.98. The molecule has 1 aliphatic heterocycles. The molecular weight excluding hydrogens is 206 g/mol. The van der Waals surface area contributed by atoms with E-state index in [0.29, 0.717) is 11.8 Å². The number of primary amides is 1. The zero-order chi connectivity index (χ0) is 11.4. The standard InChI is InChI=1S/C11H15N3O2/c12-11(15)10-2-1-8(6-14-10)5-13-7-9-3-4-16-9/h1-2,6,9,13H,3-5,7H2,(H2,12,15). The molecule has 1 unspecified atom stereocenters. The first kappa shape index (κ1) is 11.0. The fourth-order valence-electron chi connectivity index (χ4n) is 1.50. The van der Waals surface area contributed by atoms with Crippen molar-refractivity contribution in [3.63, 3.8) is 0 Å². The van der Waals surface area contributed by atoms with Crippen LogP contribution in [-0.4, -0.2) is 30.1 Å². The largest absolute Gasteiger partial charge is 0.377 e. The second kappa shape index (κ2) is 5.05. The summed E-state index contributed by atoms with van der Waals surface area (Å²) < 4.78 is 5.28. The molecule has 1 aromatic rings. The van der Waals surface area contributed by atoms with Crippen LogP contribution in [0.1, 0.15) is 22.5 Å². The second-order valence-corrected chi connectivity index (χ2v) is 3.83. The topological polar surface area (TPSA) is 77.2 Å². The third-order valence-electron chi connectivity index (χ3n) is 2.57. The molecule has 0 bridgehead atoms. The van der Waals surface area contributed by atoms with E-state index in [1.54, 1.807) is 12.3 Å². The lowest BCUT2D eigenvalue weighted by Crippen LogP contribution is -2.36. The molecule has 1 fully saturated rings. The van der Waals surface area contributed by atoms with Crippen molar-refractivity contribution in [2.45, 2.75) is 19.1 Å². The fourth-order valence-corrected chi connectivity index (χ4v) is 1.50. The quantitative estimate of drug-likeness (QED) is 0.737. The van der Waals surface area contributed by atoms with Crippen LogP contribution in [0.25, 0.3) is 0 Å². The molecule has 1 amide bonds. The SMILES string of the molecule is NC(=O)c1ccc(CNCC2CCO2)cn1. The Hall–Kier alpha value is -1.46. The first-order valence-corrected chi connectivity index (χ1v) is 5.33. The molecule has 2 heterocycles. The van der Waals surface area contributed by atoms with E-state index in [-0.39, 0.29) is 0 Å². The molecule has 5 heteroatoms. The summed E-state index contributed by atoms with van der Waals surface area (Å²) in [5, 5.41) is 3.27. The summed E-state index contributed by atoms with van der Waals surface area (Å²) in [6.07, 6.45) is 3.15. The van der Waals surface area contributed by atoms with E-state index >= 15 is 0 Å². The minimum atomic E-state index is -0.498. The van der Waals surface area contributed by atoms with Crippen molar-refractivity contribution >= 4 is 5.91 Å². The number of nitrogens with two attached hydrogens (primary N) is 1. The number of carbonyl (C=O) groups excluding carboxylic acids is 1. The fraction of sp³-hybridized carbons (Fsp3) is 0.455. The van der Waals surface area contributed by atoms with Gasteiger partial charge >= 0.3 is 0 Å². The molecule has 1 atom stereocenters. The van der Waals surface area contributed by atoms with Gasteiger partial charge in [-0.25, -0.2) is 0 Å². The molecule has 86 valence electrons. The minimum Gasteiger partial charge on any atom is -0.377 e. The molecule has 0 spiro atoms. The molecule has 0 radical (unpaired) electrons. The van der Waals surface area contributed by atoms with Gasteiger partial charge in [-0.3, -0.25) is 9.78 Å². The Labute approximate surface area is 94.0 Å². The minimum absolute atomic E-state index is 0.297. The maximum Gasteiger partial charge on any atom is 0.267 e. The number of hydrogen-bond donors (Lipinski definition) is 2. The first-order chi connectivity index (χ1) is 7.75. The number of amides is 1. The van der Waals surface area contributed by atoms with Crippen molar-refractivity contribution in [2.24, 2.45) is 5.73 Å². The lowest BCUT2D eigenvalue weighted by molar-refractivity contribution is -0.0484. The maximum atomic E-state index is 10.8. The van der Waals surface area contributed by atoms with Crippen molar-refractivity contribution < 1.29 is 9.53 Å². The highest BCUT2D eigenvalue weighted by Crippen LogP contribution is 2.09. The second-order valence-electron chi connectivity index (χ2n) is 3.83. The van der Waals surface area contributed by atoms with E-state index in [1.807, 2.05) is 6.07 Å². The van der Waals surface area contributed by atoms with Gasteiger partial charge in [-0.15, -0.1) is 0 Å². The molecule has 2 rings (SSSR count). The van der Waals surface area contributed by atoms with Gasteiger partial charge in [0.2, 0.25) is 0 Å². The van der Waals surface area contributed by atoms with Crippen LogP contribution in [0.2, 0.25) is 0 Å². The van der Waals surface area contributed by atoms with Gasteiger partial charge < -0.3 is 15.8 Å². The lowest BCUT2D eigenvalue weighted by Gasteiger charge is -2.26. The average molecular weight is 221 g/mol. The number of carbonyl (C=O) groups is 1. The Kier molecular flexibility index (Phi) is 3.48. The van der Waals surface area contributed by atoms with Gasteiger partial charge in [0.05, 0.1) is 6.10 Å². The van der Waals surface area contributed by atoms with Crippen LogP contribution in [0.3, 0.4) is 0 Å². The average Bonchev–Trinajstić information content (AvgIpc) is 2.22. The molecule has 0 saturated carbocycles. The van der Waals surface area contributed by atoms with Gasteiger partial charge in [0.15, 0.2) is 0 Å². The maximum absolute atomic E-state index is 10.8. The molecule has 1 saturated heterocycles. The van der Waals surface area contributed by atoms with Crippen LogP contribution >= 0.6 is 0 Å². The van der Waals surface area contributed by atoms with Gasteiger partial charge in [-0.1, -0.05) is 6.07 Å². The van der Waals surface area contributed by atoms with Crippen molar-refractivity contribution in [2.75, 3.05) is 13.2 Å². The monoisotopic (exact) mass is 221 g/mol. The molecule has 1 aromatic heterocycles. The first-order valence-electron chi connectivity index (χ1n) is 5.33. The Balaban J connectivity index is 1.78. The van der Waals surface area contributed by atoms with E-state index in [4.69, 9.17) is 10.5 Å². The number of pyridine rings is 1. The smallest absolute Gasteiger partial charge is 0.267 e. The molecule has 0 aromatic carbocycles. The highest BCUT2D eigenvalue weighted by molar-refractivity contribution is 5.90. The molecule has 1 aliphatic rings. The number of rotatable bonds is 5. The summed E-state index contributed by atoms with van der Waals surface area (Å²) in [4.78, 5) is 14.8. The van der Waals surface area contributed by atoms with Crippen LogP contribution < -0.4 is 11.1 Å². The Bertz CT molecular complexity index is 360. The highest BCUT2D eigenvalue weighted by atomic mass is 16.5. The Morgan fingerprint density at radius 2 is 2.44 bits per heavy atom. The van der Waals surface area contributed by atoms with Gasteiger partial charge in [-0.05, 0) is 18.1 Å². The van der Waals surface area contributed by atoms with Crippen molar-refractivity contribution in [3.05, 3.63) is 29.6 Å². The highest BCUT2D eigenvalue weighted by Gasteiger charge is 2.16. The number of nitrogens with zero attached hydrogens (tertiary/aromatic N) is 1. The molecule has 5 nitrogen and oxygen atoms in total. The molecular formula is C11H15N3O2. The van der Waals surface area contributed by atoms with Gasteiger partial charge in [0.25, 0.3) is 5.91 Å². The van der Waals surface area contributed by atoms with E-state index < -0.39 is 5.91 Å². The molecule has 16 heavy (non-hydrogen) atoms. The normalized spacial score (nSPS) is 19.1. The van der Waals surface area contributed by atoms with E-state index in [1.165, 1.54) is 0 Å². The van der Waals surface area contributed by atoms with Crippen molar-refractivity contribution in [3.8, 4) is 0 Å². The van der Waals surface area contributed by atoms with Crippen molar-refractivity contribution in [1.82, 2.24) is 10.3 Å². The summed E-state index contributed by atoms with van der Waals surface area (Å²) in [5.41, 5.74) is 6.42. The Morgan fingerprint density at radius 1 is 1.62 bits per heavy atom. The lowest BCUT2D eigenvalue weighted by atomic mass is 10.2. The third-order valence-corrected chi connectivity index (χ3v) is 2.57. The molecule has 0 aliphatic carbocycles. The van der Waals surface area contributed by atoms with Crippen LogP contribution in [0.15, 0.2) is 18.3 Å². The molecule has 3 N–H and O–H groups in total. The van der Waals surface area contributed by atoms with E-state index in [2.05, 4.69) is 10.3 Å². The predicted molar refractivity (Wildman–Crippen MR) is 58.8 cm³/mol. The predicted octanol–water partition coefficient (Wildman–Crippen LogP) is 0.0590.